The summed E-state index contributed by atoms with van der Waals surface area (Å²) in [6, 6.07) is 0. The highest BCUT2D eigenvalue weighted by Gasteiger charge is 2.27. The van der Waals surface area contributed by atoms with Gasteiger partial charge in [-0.15, -0.1) is 0 Å². The van der Waals surface area contributed by atoms with Crippen LogP contribution in [0.4, 0.5) is 11.5 Å². The number of aromatic nitrogens is 2. The molecule has 0 amide bonds. The molecule has 96 valence electrons. The van der Waals surface area contributed by atoms with Crippen LogP contribution in [-0.2, 0) is 7.05 Å². The summed E-state index contributed by atoms with van der Waals surface area (Å²) in [6.45, 7) is 8.58. The van der Waals surface area contributed by atoms with Crippen LogP contribution in [0.25, 0.3) is 0 Å². The van der Waals surface area contributed by atoms with Crippen molar-refractivity contribution in [3.8, 4) is 0 Å². The van der Waals surface area contributed by atoms with Crippen molar-refractivity contribution in [2.75, 3.05) is 23.7 Å². The largest absolute Gasteiger partial charge is 0.394 e. The minimum absolute atomic E-state index is 0.384. The molecule has 0 bridgehead atoms. The quantitative estimate of drug-likeness (QED) is 0.853. The van der Waals surface area contributed by atoms with Gasteiger partial charge in [0.1, 0.15) is 5.82 Å². The molecule has 0 aromatic carbocycles. The van der Waals surface area contributed by atoms with Crippen LogP contribution in [0.2, 0.25) is 0 Å². The fraction of sp³-hybridized carbons (Fsp3) is 0.769. The van der Waals surface area contributed by atoms with Crippen LogP contribution in [0, 0.1) is 5.92 Å². The van der Waals surface area contributed by atoms with Crippen LogP contribution in [0.1, 0.15) is 45.2 Å². The number of nitrogens with two attached hydrogens (primary N) is 1. The molecule has 4 heteroatoms. The van der Waals surface area contributed by atoms with Crippen molar-refractivity contribution in [3.63, 3.8) is 0 Å². The first-order chi connectivity index (χ1) is 8.04. The van der Waals surface area contributed by atoms with E-state index in [0.29, 0.717) is 5.92 Å². The number of rotatable bonds is 5. The second kappa shape index (κ2) is 4.59. The van der Waals surface area contributed by atoms with E-state index in [9.17, 15) is 0 Å². The third-order valence-corrected chi connectivity index (χ3v) is 3.48. The maximum absolute atomic E-state index is 6.25. The average Bonchev–Trinajstić information content (AvgIpc) is 3.03. The van der Waals surface area contributed by atoms with Crippen LogP contribution in [0.5, 0.6) is 0 Å². The summed E-state index contributed by atoms with van der Waals surface area (Å²) in [5.41, 5.74) is 8.14. The van der Waals surface area contributed by atoms with Crippen molar-refractivity contribution < 1.29 is 0 Å². The summed E-state index contributed by atoms with van der Waals surface area (Å²) in [6.07, 6.45) is 2.73. The van der Waals surface area contributed by atoms with Gasteiger partial charge in [0.2, 0.25) is 0 Å². The summed E-state index contributed by atoms with van der Waals surface area (Å²) in [7, 11) is 1.99. The van der Waals surface area contributed by atoms with E-state index in [-0.39, 0.29) is 0 Å². The molecule has 17 heavy (non-hydrogen) atoms. The predicted molar refractivity (Wildman–Crippen MR) is 72.3 cm³/mol. The number of hydrogen-bond donors (Lipinski definition) is 1. The Morgan fingerprint density at radius 1 is 1.47 bits per heavy atom. The molecule has 0 aliphatic heterocycles. The second-order valence-electron chi connectivity index (χ2n) is 5.38. The zero-order valence-corrected chi connectivity index (χ0v) is 11.4. The lowest BCUT2D eigenvalue weighted by Crippen LogP contribution is -2.28. The zero-order chi connectivity index (χ0) is 12.6. The van der Waals surface area contributed by atoms with Gasteiger partial charge < -0.3 is 10.6 Å². The zero-order valence-electron chi connectivity index (χ0n) is 11.4. The van der Waals surface area contributed by atoms with Crippen LogP contribution in [0.15, 0.2) is 0 Å². The molecule has 0 spiro atoms. The van der Waals surface area contributed by atoms with Crippen LogP contribution >= 0.6 is 0 Å². The predicted octanol–water partition coefficient (Wildman–Crippen LogP) is 2.36. The molecule has 1 aliphatic carbocycles. The number of nitrogens with zero attached hydrogens (tertiary/aromatic N) is 3. The van der Waals surface area contributed by atoms with Crippen molar-refractivity contribution in [3.05, 3.63) is 5.69 Å². The first-order valence-electron chi connectivity index (χ1n) is 6.61. The highest BCUT2D eigenvalue weighted by Crippen LogP contribution is 2.35. The molecule has 4 nitrogen and oxygen atoms in total. The fourth-order valence-electron chi connectivity index (χ4n) is 2.33. The summed E-state index contributed by atoms with van der Waals surface area (Å²) in [5.74, 6) is 2.35. The number of hydrogen-bond acceptors (Lipinski definition) is 3. The van der Waals surface area contributed by atoms with Gasteiger partial charge in [-0.3, -0.25) is 4.68 Å². The average molecular weight is 236 g/mol. The number of anilines is 2. The number of nitrogen functional groups attached to an aromatic ring is 1. The summed E-state index contributed by atoms with van der Waals surface area (Å²) < 4.78 is 1.94. The Bertz CT molecular complexity index is 390. The highest BCUT2D eigenvalue weighted by molar-refractivity contribution is 5.67. The molecule has 1 heterocycles. The molecule has 0 unspecified atom stereocenters. The van der Waals surface area contributed by atoms with E-state index in [4.69, 9.17) is 5.73 Å². The third-order valence-electron chi connectivity index (χ3n) is 3.48. The molecule has 1 aromatic heterocycles. The smallest absolute Gasteiger partial charge is 0.150 e. The van der Waals surface area contributed by atoms with Crippen molar-refractivity contribution in [1.29, 1.82) is 0 Å². The van der Waals surface area contributed by atoms with Gasteiger partial charge in [0.25, 0.3) is 0 Å². The molecule has 1 aromatic rings. The van der Waals surface area contributed by atoms with Gasteiger partial charge in [0, 0.05) is 20.1 Å². The SMILES string of the molecule is CCN(CC1CC1)c1c(N)c(C(C)C)nn1C. The van der Waals surface area contributed by atoms with Crippen LogP contribution in [-0.4, -0.2) is 22.9 Å². The van der Waals surface area contributed by atoms with Crippen molar-refractivity contribution in [2.45, 2.75) is 39.5 Å². The molecular weight excluding hydrogens is 212 g/mol. The van der Waals surface area contributed by atoms with E-state index >= 15 is 0 Å². The van der Waals surface area contributed by atoms with Crippen molar-refractivity contribution in [2.24, 2.45) is 13.0 Å². The third kappa shape index (κ3) is 2.40. The maximum atomic E-state index is 6.25. The number of aryl methyl sites for hydroxylation is 1. The Morgan fingerprint density at radius 2 is 2.12 bits per heavy atom. The van der Waals surface area contributed by atoms with E-state index in [0.717, 1.165) is 36.2 Å². The molecule has 1 saturated carbocycles. The van der Waals surface area contributed by atoms with E-state index in [2.05, 4.69) is 30.8 Å². The van der Waals surface area contributed by atoms with E-state index < -0.39 is 0 Å². The lowest BCUT2D eigenvalue weighted by atomic mass is 10.1. The highest BCUT2D eigenvalue weighted by atomic mass is 15.4. The maximum Gasteiger partial charge on any atom is 0.150 e. The van der Waals surface area contributed by atoms with Crippen molar-refractivity contribution in [1.82, 2.24) is 9.78 Å². The first kappa shape index (κ1) is 12.3. The van der Waals surface area contributed by atoms with E-state index in [1.165, 1.54) is 12.8 Å². The Kier molecular flexibility index (Phi) is 3.31. The van der Waals surface area contributed by atoms with Gasteiger partial charge in [-0.25, -0.2) is 0 Å². The molecule has 0 saturated heterocycles. The van der Waals surface area contributed by atoms with E-state index in [1.54, 1.807) is 0 Å². The molecule has 1 aliphatic rings. The molecule has 2 N–H and O–H groups in total. The summed E-state index contributed by atoms with van der Waals surface area (Å²) in [5, 5.41) is 4.56. The van der Waals surface area contributed by atoms with E-state index in [1.807, 2.05) is 11.7 Å². The molecule has 1 fully saturated rings. The minimum Gasteiger partial charge on any atom is -0.394 e. The van der Waals surface area contributed by atoms with Crippen molar-refractivity contribution >= 4 is 11.5 Å². The van der Waals surface area contributed by atoms with Gasteiger partial charge in [-0.1, -0.05) is 13.8 Å². The minimum atomic E-state index is 0.384. The lowest BCUT2D eigenvalue weighted by molar-refractivity contribution is 0.668. The van der Waals surface area contributed by atoms with Gasteiger partial charge in [0.05, 0.1) is 11.4 Å². The Hall–Kier alpha value is -1.19. The standard InChI is InChI=1S/C13H24N4/c1-5-17(8-10-6-7-10)13-11(14)12(9(2)3)15-16(13)4/h9-10H,5-8,14H2,1-4H3. The topological polar surface area (TPSA) is 47.1 Å². The fourth-order valence-corrected chi connectivity index (χ4v) is 2.33. The van der Waals surface area contributed by atoms with Crippen LogP contribution < -0.4 is 10.6 Å². The first-order valence-corrected chi connectivity index (χ1v) is 6.61. The van der Waals surface area contributed by atoms with Gasteiger partial charge in [-0.2, -0.15) is 5.10 Å². The second-order valence-corrected chi connectivity index (χ2v) is 5.38. The Balaban J connectivity index is 2.28. The van der Waals surface area contributed by atoms with Gasteiger partial charge in [-0.05, 0) is 31.6 Å². The lowest BCUT2D eigenvalue weighted by Gasteiger charge is -2.23. The summed E-state index contributed by atoms with van der Waals surface area (Å²) >= 11 is 0. The van der Waals surface area contributed by atoms with Gasteiger partial charge >= 0.3 is 0 Å². The Labute approximate surface area is 104 Å². The summed E-state index contributed by atoms with van der Waals surface area (Å²) in [4.78, 5) is 2.37. The molecule has 0 radical (unpaired) electrons. The Morgan fingerprint density at radius 3 is 2.53 bits per heavy atom. The molecule has 2 rings (SSSR count). The molecular formula is C13H24N4. The normalized spacial score (nSPS) is 15.6. The van der Waals surface area contributed by atoms with Gasteiger partial charge in [0.15, 0.2) is 0 Å². The monoisotopic (exact) mass is 236 g/mol. The molecule has 0 atom stereocenters. The van der Waals surface area contributed by atoms with Crippen LogP contribution in [0.3, 0.4) is 0 Å².